The maximum absolute atomic E-state index is 12.4. The van der Waals surface area contributed by atoms with Crippen molar-refractivity contribution in [2.75, 3.05) is 19.6 Å². The minimum absolute atomic E-state index is 0.241. The van der Waals surface area contributed by atoms with Crippen molar-refractivity contribution in [1.82, 2.24) is 15.5 Å². The van der Waals surface area contributed by atoms with Crippen LogP contribution >= 0.6 is 24.0 Å². The molecule has 1 aromatic carbocycles. The number of rotatable bonds is 7. The molecule has 0 aromatic heterocycles. The van der Waals surface area contributed by atoms with E-state index in [0.717, 1.165) is 42.3 Å². The summed E-state index contributed by atoms with van der Waals surface area (Å²) in [7, 11) is 0. The highest BCUT2D eigenvalue weighted by atomic mass is 32.2. The predicted octanol–water partition coefficient (Wildman–Crippen LogP) is 3.30. The molecule has 1 aromatic rings. The van der Waals surface area contributed by atoms with Crippen LogP contribution in [0.15, 0.2) is 29.2 Å². The number of hydrogen-bond donors (Lipinski definition) is 2. The van der Waals surface area contributed by atoms with Gasteiger partial charge in [0, 0.05) is 19.6 Å². The Morgan fingerprint density at radius 1 is 1.20 bits per heavy atom. The van der Waals surface area contributed by atoms with E-state index in [2.05, 4.69) is 17.6 Å². The Hall–Kier alpha value is -1.86. The standard InChI is InChI=1S/C18H23N3O2S2/c1-3-4-9-19-17(24)20-10-11-21-16(22)15(25-18(21)23)12-14-7-5-13(2)6-8-14/h5-8,12H,3-4,9-11H2,1-2H3,(H2,19,20,24)/b15-12-. The zero-order chi connectivity index (χ0) is 18.2. The summed E-state index contributed by atoms with van der Waals surface area (Å²) in [5.41, 5.74) is 2.07. The predicted molar refractivity (Wildman–Crippen MR) is 107 cm³/mol. The van der Waals surface area contributed by atoms with Crippen LogP contribution in [0.4, 0.5) is 4.79 Å². The molecule has 7 heteroatoms. The minimum Gasteiger partial charge on any atom is -0.363 e. The number of thiocarbonyl (C=S) groups is 1. The Bertz CT molecular complexity index is 671. The number of carbonyl (C=O) groups is 2. The van der Waals surface area contributed by atoms with Gasteiger partial charge < -0.3 is 10.6 Å². The number of hydrogen-bond acceptors (Lipinski definition) is 4. The fraction of sp³-hybridized carbons (Fsp3) is 0.389. The molecule has 134 valence electrons. The molecule has 1 aliphatic rings. The van der Waals surface area contributed by atoms with Crippen LogP contribution in [0.3, 0.4) is 0 Å². The zero-order valence-electron chi connectivity index (χ0n) is 14.5. The Kier molecular flexibility index (Phi) is 7.46. The lowest BCUT2D eigenvalue weighted by molar-refractivity contribution is -0.122. The van der Waals surface area contributed by atoms with Crippen molar-refractivity contribution in [3.05, 3.63) is 40.3 Å². The van der Waals surface area contributed by atoms with Gasteiger partial charge in [0.05, 0.1) is 4.91 Å². The Morgan fingerprint density at radius 2 is 1.88 bits per heavy atom. The summed E-state index contributed by atoms with van der Waals surface area (Å²) < 4.78 is 0. The number of imide groups is 1. The van der Waals surface area contributed by atoms with Gasteiger partial charge in [0.25, 0.3) is 11.1 Å². The first-order valence-electron chi connectivity index (χ1n) is 8.35. The van der Waals surface area contributed by atoms with Gasteiger partial charge in [0.15, 0.2) is 5.11 Å². The molecular formula is C18H23N3O2S2. The smallest absolute Gasteiger partial charge is 0.293 e. The molecule has 25 heavy (non-hydrogen) atoms. The van der Waals surface area contributed by atoms with E-state index in [1.54, 1.807) is 6.08 Å². The maximum atomic E-state index is 12.4. The van der Waals surface area contributed by atoms with E-state index in [1.807, 2.05) is 31.2 Å². The average molecular weight is 378 g/mol. The largest absolute Gasteiger partial charge is 0.363 e. The second-order valence-corrected chi connectivity index (χ2v) is 7.18. The lowest BCUT2D eigenvalue weighted by atomic mass is 10.1. The lowest BCUT2D eigenvalue weighted by Crippen LogP contribution is -2.41. The summed E-state index contributed by atoms with van der Waals surface area (Å²) in [6.07, 6.45) is 3.91. The Morgan fingerprint density at radius 3 is 2.56 bits per heavy atom. The van der Waals surface area contributed by atoms with E-state index < -0.39 is 0 Å². The van der Waals surface area contributed by atoms with Crippen LogP contribution in [0.25, 0.3) is 6.08 Å². The van der Waals surface area contributed by atoms with Crippen molar-refractivity contribution < 1.29 is 9.59 Å². The molecule has 0 saturated carbocycles. The number of nitrogens with one attached hydrogen (secondary N) is 2. The molecule has 0 spiro atoms. The molecule has 2 amide bonds. The van der Waals surface area contributed by atoms with Gasteiger partial charge >= 0.3 is 0 Å². The number of benzene rings is 1. The quantitative estimate of drug-likeness (QED) is 0.432. The van der Waals surface area contributed by atoms with Crippen LogP contribution < -0.4 is 10.6 Å². The number of carbonyl (C=O) groups excluding carboxylic acids is 2. The number of unbranched alkanes of at least 4 members (excludes halogenated alkanes) is 1. The highest BCUT2D eigenvalue weighted by Crippen LogP contribution is 2.31. The van der Waals surface area contributed by atoms with Crippen molar-refractivity contribution in [1.29, 1.82) is 0 Å². The molecule has 0 unspecified atom stereocenters. The number of aryl methyl sites for hydroxylation is 1. The van der Waals surface area contributed by atoms with E-state index in [-0.39, 0.29) is 11.1 Å². The Balaban J connectivity index is 1.86. The van der Waals surface area contributed by atoms with Crippen molar-refractivity contribution in [3.8, 4) is 0 Å². The highest BCUT2D eigenvalue weighted by Gasteiger charge is 2.34. The Labute approximate surface area is 158 Å². The number of amides is 2. The normalized spacial score (nSPS) is 15.8. The van der Waals surface area contributed by atoms with Crippen LogP contribution in [0.1, 0.15) is 30.9 Å². The maximum Gasteiger partial charge on any atom is 0.293 e. The topological polar surface area (TPSA) is 61.4 Å². The fourth-order valence-corrected chi connectivity index (χ4v) is 3.30. The van der Waals surface area contributed by atoms with Crippen molar-refractivity contribution in [2.24, 2.45) is 0 Å². The molecule has 1 fully saturated rings. The third kappa shape index (κ3) is 5.86. The summed E-state index contributed by atoms with van der Waals surface area (Å²) in [5, 5.41) is 6.43. The monoisotopic (exact) mass is 377 g/mol. The zero-order valence-corrected chi connectivity index (χ0v) is 16.1. The fourth-order valence-electron chi connectivity index (χ4n) is 2.23. The first-order valence-corrected chi connectivity index (χ1v) is 9.57. The second-order valence-electron chi connectivity index (χ2n) is 5.78. The van der Waals surface area contributed by atoms with Crippen LogP contribution in [0.5, 0.6) is 0 Å². The summed E-state index contributed by atoms with van der Waals surface area (Å²) >= 11 is 6.14. The summed E-state index contributed by atoms with van der Waals surface area (Å²) in [4.78, 5) is 26.2. The van der Waals surface area contributed by atoms with Crippen LogP contribution in [0.2, 0.25) is 0 Å². The third-order valence-electron chi connectivity index (χ3n) is 3.69. The van der Waals surface area contributed by atoms with Crippen molar-refractivity contribution in [2.45, 2.75) is 26.7 Å². The van der Waals surface area contributed by atoms with Gasteiger partial charge in [-0.2, -0.15) is 0 Å². The molecule has 0 radical (unpaired) electrons. The van der Waals surface area contributed by atoms with Gasteiger partial charge in [-0.05, 0) is 49.0 Å². The molecule has 1 heterocycles. The molecule has 5 nitrogen and oxygen atoms in total. The molecule has 0 aliphatic carbocycles. The lowest BCUT2D eigenvalue weighted by Gasteiger charge is -2.14. The SMILES string of the molecule is CCCCNC(=S)NCCN1C(=O)S/C(=C\c2ccc(C)cc2)C1=O. The number of nitrogens with zero attached hydrogens (tertiary/aromatic N) is 1. The van der Waals surface area contributed by atoms with E-state index in [0.29, 0.717) is 23.1 Å². The second kappa shape index (κ2) is 9.58. The van der Waals surface area contributed by atoms with Gasteiger partial charge in [-0.25, -0.2) is 0 Å². The number of thioether (sulfide) groups is 1. The van der Waals surface area contributed by atoms with E-state index in [1.165, 1.54) is 4.90 Å². The molecule has 0 atom stereocenters. The van der Waals surface area contributed by atoms with E-state index in [4.69, 9.17) is 12.2 Å². The average Bonchev–Trinajstić information content (AvgIpc) is 2.84. The molecule has 2 rings (SSSR count). The van der Waals surface area contributed by atoms with Gasteiger partial charge in [0.1, 0.15) is 0 Å². The van der Waals surface area contributed by atoms with Gasteiger partial charge in [-0.1, -0.05) is 43.2 Å². The molecule has 1 saturated heterocycles. The molecule has 2 N–H and O–H groups in total. The first kappa shape index (κ1) is 19.5. The summed E-state index contributed by atoms with van der Waals surface area (Å²) in [6, 6.07) is 7.83. The third-order valence-corrected chi connectivity index (χ3v) is 4.88. The molecule has 1 aliphatic heterocycles. The van der Waals surface area contributed by atoms with Crippen LogP contribution in [-0.2, 0) is 4.79 Å². The van der Waals surface area contributed by atoms with Gasteiger partial charge in [-0.15, -0.1) is 0 Å². The van der Waals surface area contributed by atoms with Crippen LogP contribution in [-0.4, -0.2) is 40.8 Å². The summed E-state index contributed by atoms with van der Waals surface area (Å²) in [5.74, 6) is -0.248. The van der Waals surface area contributed by atoms with Gasteiger partial charge in [0.2, 0.25) is 0 Å². The highest BCUT2D eigenvalue weighted by molar-refractivity contribution is 8.18. The molecule has 0 bridgehead atoms. The van der Waals surface area contributed by atoms with Crippen molar-refractivity contribution >= 4 is 46.3 Å². The van der Waals surface area contributed by atoms with Gasteiger partial charge in [-0.3, -0.25) is 14.5 Å². The minimum atomic E-state index is -0.248. The first-order chi connectivity index (χ1) is 12.0. The van der Waals surface area contributed by atoms with Crippen LogP contribution in [0, 0.1) is 6.92 Å². The van der Waals surface area contributed by atoms with E-state index >= 15 is 0 Å². The molecular weight excluding hydrogens is 354 g/mol. The van der Waals surface area contributed by atoms with Crippen molar-refractivity contribution in [3.63, 3.8) is 0 Å². The summed E-state index contributed by atoms with van der Waals surface area (Å²) in [6.45, 7) is 5.68. The van der Waals surface area contributed by atoms with E-state index in [9.17, 15) is 9.59 Å².